The molecule has 1 N–H and O–H groups in total. The number of carboxylic acid groups (broad SMARTS) is 1. The summed E-state index contributed by atoms with van der Waals surface area (Å²) in [6.07, 6.45) is 6.82. The zero-order valence-corrected chi connectivity index (χ0v) is 9.41. The molecule has 4 aliphatic carbocycles. The van der Waals surface area contributed by atoms with Gasteiger partial charge in [0.25, 0.3) is 0 Å². The second-order valence-corrected chi connectivity index (χ2v) is 6.40. The zero-order valence-electron chi connectivity index (χ0n) is 9.41. The predicted molar refractivity (Wildman–Crippen MR) is 57.4 cm³/mol. The Morgan fingerprint density at radius 1 is 1.27 bits per heavy atom. The molecule has 0 spiro atoms. The van der Waals surface area contributed by atoms with E-state index < -0.39 is 5.97 Å². The molecule has 2 atom stereocenters. The highest BCUT2D eigenvalue weighted by Crippen LogP contribution is 2.63. The lowest BCUT2D eigenvalue weighted by Gasteiger charge is -2.59. The van der Waals surface area contributed by atoms with Crippen LogP contribution < -0.4 is 0 Å². The molecule has 4 aliphatic rings. The zero-order chi connectivity index (χ0) is 10.6. The van der Waals surface area contributed by atoms with Crippen molar-refractivity contribution in [2.24, 2.45) is 29.1 Å². The van der Waals surface area contributed by atoms with Gasteiger partial charge in [0, 0.05) is 0 Å². The minimum Gasteiger partial charge on any atom is -0.481 e. The number of aliphatic carboxylic acids is 1. The molecule has 0 aromatic carbocycles. The smallest absolute Gasteiger partial charge is 0.303 e. The van der Waals surface area contributed by atoms with Gasteiger partial charge >= 0.3 is 5.97 Å². The van der Waals surface area contributed by atoms with E-state index in [0.717, 1.165) is 23.7 Å². The first-order chi connectivity index (χ1) is 7.08. The van der Waals surface area contributed by atoms with E-state index in [-0.39, 0.29) is 5.41 Å². The average molecular weight is 208 g/mol. The lowest BCUT2D eigenvalue weighted by Crippen LogP contribution is -2.50. The van der Waals surface area contributed by atoms with Crippen LogP contribution in [0.2, 0.25) is 0 Å². The minimum absolute atomic E-state index is 0.203. The summed E-state index contributed by atoms with van der Waals surface area (Å²) >= 11 is 0. The molecule has 84 valence electrons. The summed E-state index contributed by atoms with van der Waals surface area (Å²) in [5.74, 6) is 2.83. The van der Waals surface area contributed by atoms with E-state index in [2.05, 4.69) is 6.92 Å². The van der Waals surface area contributed by atoms with Gasteiger partial charge < -0.3 is 5.11 Å². The maximum Gasteiger partial charge on any atom is 0.303 e. The Morgan fingerprint density at radius 3 is 2.40 bits per heavy atom. The standard InChI is InChI=1S/C13H20O2/c1-8-10-2-9-3-11(8)6-13(4-9,5-10)7-12(14)15/h8-11H,2-7H2,1H3,(H,14,15). The summed E-state index contributed by atoms with van der Waals surface area (Å²) in [6.45, 7) is 2.39. The van der Waals surface area contributed by atoms with Crippen molar-refractivity contribution in [1.82, 2.24) is 0 Å². The Morgan fingerprint density at radius 2 is 1.87 bits per heavy atom. The van der Waals surface area contributed by atoms with Crippen LogP contribution in [-0.4, -0.2) is 11.1 Å². The second-order valence-electron chi connectivity index (χ2n) is 6.40. The van der Waals surface area contributed by atoms with E-state index in [4.69, 9.17) is 5.11 Å². The van der Waals surface area contributed by atoms with Crippen LogP contribution in [0.25, 0.3) is 0 Å². The van der Waals surface area contributed by atoms with Crippen LogP contribution in [0.3, 0.4) is 0 Å². The van der Waals surface area contributed by atoms with Gasteiger partial charge in [-0.2, -0.15) is 0 Å². The third-order valence-electron chi connectivity index (χ3n) is 5.40. The Balaban J connectivity index is 1.85. The Labute approximate surface area is 91.1 Å². The van der Waals surface area contributed by atoms with Gasteiger partial charge in [0.15, 0.2) is 0 Å². The second kappa shape index (κ2) is 2.99. The first-order valence-electron chi connectivity index (χ1n) is 6.30. The predicted octanol–water partition coefficient (Wildman–Crippen LogP) is 2.92. The van der Waals surface area contributed by atoms with Gasteiger partial charge in [-0.3, -0.25) is 4.79 Å². The van der Waals surface area contributed by atoms with Crippen LogP contribution in [0.15, 0.2) is 0 Å². The number of carboxylic acids is 1. The molecule has 0 aliphatic heterocycles. The van der Waals surface area contributed by atoms with E-state index in [1.807, 2.05) is 0 Å². The van der Waals surface area contributed by atoms with Crippen molar-refractivity contribution in [1.29, 1.82) is 0 Å². The van der Waals surface area contributed by atoms with E-state index in [0.29, 0.717) is 6.42 Å². The summed E-state index contributed by atoms with van der Waals surface area (Å²) < 4.78 is 0. The molecule has 2 nitrogen and oxygen atoms in total. The van der Waals surface area contributed by atoms with Crippen molar-refractivity contribution in [3.8, 4) is 0 Å². The fourth-order valence-corrected chi connectivity index (χ4v) is 4.98. The molecule has 4 saturated carbocycles. The Bertz CT molecular complexity index is 281. The molecular formula is C13H20O2. The molecule has 0 heterocycles. The van der Waals surface area contributed by atoms with Gasteiger partial charge in [0.05, 0.1) is 6.42 Å². The molecule has 0 amide bonds. The number of hydrogen-bond acceptors (Lipinski definition) is 1. The maximum atomic E-state index is 11.0. The number of carbonyl (C=O) groups is 1. The van der Waals surface area contributed by atoms with Crippen LogP contribution in [0.5, 0.6) is 0 Å². The summed E-state index contributed by atoms with van der Waals surface area (Å²) in [5, 5.41) is 9.04. The van der Waals surface area contributed by atoms with Crippen molar-refractivity contribution >= 4 is 5.97 Å². The van der Waals surface area contributed by atoms with Crippen molar-refractivity contribution in [3.05, 3.63) is 0 Å². The molecule has 0 saturated heterocycles. The number of hydrogen-bond donors (Lipinski definition) is 1. The number of rotatable bonds is 2. The van der Waals surface area contributed by atoms with Gasteiger partial charge in [-0.05, 0) is 61.2 Å². The molecule has 0 radical (unpaired) electrons. The van der Waals surface area contributed by atoms with E-state index >= 15 is 0 Å². The molecule has 4 rings (SSSR count). The average Bonchev–Trinajstić information content (AvgIpc) is 2.10. The monoisotopic (exact) mass is 208 g/mol. The van der Waals surface area contributed by atoms with Gasteiger partial charge in [-0.15, -0.1) is 0 Å². The summed E-state index contributed by atoms with van der Waals surface area (Å²) in [6, 6.07) is 0. The minimum atomic E-state index is -0.579. The van der Waals surface area contributed by atoms with Crippen LogP contribution in [0.1, 0.15) is 45.4 Å². The first-order valence-corrected chi connectivity index (χ1v) is 6.30. The molecule has 0 aromatic rings. The molecule has 2 unspecified atom stereocenters. The van der Waals surface area contributed by atoms with Crippen LogP contribution in [-0.2, 0) is 4.79 Å². The maximum absolute atomic E-state index is 11.0. The third kappa shape index (κ3) is 1.41. The van der Waals surface area contributed by atoms with Gasteiger partial charge in [0.2, 0.25) is 0 Å². The highest BCUT2D eigenvalue weighted by molar-refractivity contribution is 5.67. The summed E-state index contributed by atoms with van der Waals surface area (Å²) in [4.78, 5) is 11.0. The molecular weight excluding hydrogens is 188 g/mol. The van der Waals surface area contributed by atoms with Crippen LogP contribution >= 0.6 is 0 Å². The third-order valence-corrected chi connectivity index (χ3v) is 5.40. The lowest BCUT2D eigenvalue weighted by atomic mass is 9.46. The van der Waals surface area contributed by atoms with Crippen LogP contribution in [0.4, 0.5) is 0 Å². The largest absolute Gasteiger partial charge is 0.481 e. The quantitative estimate of drug-likeness (QED) is 0.757. The van der Waals surface area contributed by atoms with Crippen molar-refractivity contribution in [2.45, 2.75) is 45.4 Å². The Hall–Kier alpha value is -0.530. The summed E-state index contributed by atoms with van der Waals surface area (Å²) in [5.41, 5.74) is 0.203. The fourth-order valence-electron chi connectivity index (χ4n) is 4.98. The Kier molecular flexibility index (Phi) is 1.93. The van der Waals surface area contributed by atoms with Gasteiger partial charge in [-0.1, -0.05) is 6.92 Å². The van der Waals surface area contributed by atoms with Gasteiger partial charge in [0.1, 0.15) is 0 Å². The normalized spacial score (nSPS) is 52.1. The van der Waals surface area contributed by atoms with Crippen molar-refractivity contribution in [3.63, 3.8) is 0 Å². The van der Waals surface area contributed by atoms with E-state index in [1.54, 1.807) is 0 Å². The first kappa shape index (κ1) is 9.68. The fraction of sp³-hybridized carbons (Fsp3) is 0.923. The van der Waals surface area contributed by atoms with Crippen LogP contribution in [0, 0.1) is 29.1 Å². The van der Waals surface area contributed by atoms with Crippen molar-refractivity contribution in [2.75, 3.05) is 0 Å². The molecule has 2 heteroatoms. The topological polar surface area (TPSA) is 37.3 Å². The van der Waals surface area contributed by atoms with Gasteiger partial charge in [-0.25, -0.2) is 0 Å². The SMILES string of the molecule is CC1C2CC3CC1CC(CC(=O)O)(C3)C2. The lowest BCUT2D eigenvalue weighted by molar-refractivity contribution is -0.148. The molecule has 4 fully saturated rings. The summed E-state index contributed by atoms with van der Waals surface area (Å²) in [7, 11) is 0. The highest BCUT2D eigenvalue weighted by Gasteiger charge is 2.54. The highest BCUT2D eigenvalue weighted by atomic mass is 16.4. The molecule has 4 bridgehead atoms. The molecule has 0 aromatic heterocycles. The van der Waals surface area contributed by atoms with E-state index in [1.165, 1.54) is 32.1 Å². The van der Waals surface area contributed by atoms with Crippen molar-refractivity contribution < 1.29 is 9.90 Å². The van der Waals surface area contributed by atoms with E-state index in [9.17, 15) is 4.79 Å². The molecule has 15 heavy (non-hydrogen) atoms.